The first kappa shape index (κ1) is 17.7. The highest BCUT2D eigenvalue weighted by Crippen LogP contribution is 2.27. The van der Waals surface area contributed by atoms with E-state index in [0.717, 1.165) is 27.9 Å². The minimum Gasteiger partial charge on any atom is -0.444 e. The normalized spacial score (nSPS) is 10.8. The predicted octanol–water partition coefficient (Wildman–Crippen LogP) is 4.24. The third-order valence-electron chi connectivity index (χ3n) is 4.60. The van der Waals surface area contributed by atoms with Crippen LogP contribution in [0, 0.1) is 13.8 Å². The van der Waals surface area contributed by atoms with E-state index in [1.165, 1.54) is 6.39 Å². The molecule has 3 aromatic heterocycles. The van der Waals surface area contributed by atoms with E-state index in [1.54, 1.807) is 37.1 Å². The van der Waals surface area contributed by atoms with E-state index in [4.69, 9.17) is 4.42 Å². The van der Waals surface area contributed by atoms with Gasteiger partial charge in [0.2, 0.25) is 0 Å². The van der Waals surface area contributed by atoms with E-state index in [2.05, 4.69) is 19.9 Å². The number of nitrogens with zero attached hydrogens (tertiary/aromatic N) is 4. The van der Waals surface area contributed by atoms with Crippen molar-refractivity contribution in [3.05, 3.63) is 84.0 Å². The second-order valence-electron chi connectivity index (χ2n) is 6.58. The molecule has 0 N–H and O–H groups in total. The number of rotatable bonds is 5. The smallest absolute Gasteiger partial charge is 0.181 e. The molecule has 0 unspecified atom stereocenters. The van der Waals surface area contributed by atoms with Gasteiger partial charge in [0.1, 0.15) is 0 Å². The molecule has 28 heavy (non-hydrogen) atoms. The molecular formula is C22H18N4O2. The maximum atomic E-state index is 12.5. The van der Waals surface area contributed by atoms with Crippen molar-refractivity contribution in [3.8, 4) is 22.6 Å². The molecule has 0 radical (unpaired) electrons. The van der Waals surface area contributed by atoms with E-state index in [9.17, 15) is 4.79 Å². The summed E-state index contributed by atoms with van der Waals surface area (Å²) in [6.45, 7) is 3.89. The molecule has 4 rings (SSSR count). The topological polar surface area (TPSA) is 81.8 Å². The molecule has 1 aromatic carbocycles. The summed E-state index contributed by atoms with van der Waals surface area (Å²) in [5.74, 6) is 0.703. The number of aromatic nitrogens is 4. The summed E-state index contributed by atoms with van der Waals surface area (Å²) in [5.41, 5.74) is 5.86. The van der Waals surface area contributed by atoms with Gasteiger partial charge in [-0.25, -0.2) is 4.98 Å². The Bertz CT molecular complexity index is 1120. The Labute approximate surface area is 162 Å². The Morgan fingerprint density at radius 1 is 0.964 bits per heavy atom. The van der Waals surface area contributed by atoms with Gasteiger partial charge in [-0.05, 0) is 37.1 Å². The standard InChI is InChI=1S/C22H18N4O2/c1-14-3-4-16(22-12-24-13-28-22)7-19(14)20-11-25-17(10-26-20)8-21(27)18-5-6-23-9-15(18)2/h3-7,9-13H,8H2,1-2H3. The third-order valence-corrected chi connectivity index (χ3v) is 4.60. The summed E-state index contributed by atoms with van der Waals surface area (Å²) in [6, 6.07) is 7.73. The fourth-order valence-corrected chi connectivity index (χ4v) is 3.04. The van der Waals surface area contributed by atoms with Crippen molar-refractivity contribution in [2.75, 3.05) is 0 Å². The van der Waals surface area contributed by atoms with Gasteiger partial charge in [-0.15, -0.1) is 0 Å². The number of ketones is 1. The van der Waals surface area contributed by atoms with E-state index in [1.807, 2.05) is 32.0 Å². The maximum Gasteiger partial charge on any atom is 0.181 e. The second kappa shape index (κ2) is 7.52. The fraction of sp³-hybridized carbons (Fsp3) is 0.136. The molecule has 3 heterocycles. The molecule has 0 aliphatic carbocycles. The SMILES string of the molecule is Cc1cnccc1C(=O)Cc1cnc(-c2cc(-c3cnco3)ccc2C)cn1. The van der Waals surface area contributed by atoms with Crippen molar-refractivity contribution in [3.63, 3.8) is 0 Å². The van der Waals surface area contributed by atoms with Crippen molar-refractivity contribution in [1.82, 2.24) is 19.9 Å². The van der Waals surface area contributed by atoms with Gasteiger partial charge in [-0.2, -0.15) is 0 Å². The molecule has 0 atom stereocenters. The van der Waals surface area contributed by atoms with Gasteiger partial charge in [-0.1, -0.05) is 12.1 Å². The van der Waals surface area contributed by atoms with Gasteiger partial charge in [0.25, 0.3) is 0 Å². The van der Waals surface area contributed by atoms with Crippen LogP contribution in [0.25, 0.3) is 22.6 Å². The molecule has 0 fully saturated rings. The molecule has 0 bridgehead atoms. The zero-order valence-electron chi connectivity index (χ0n) is 15.6. The van der Waals surface area contributed by atoms with E-state index in [-0.39, 0.29) is 12.2 Å². The number of Topliss-reactive ketones (excluding diaryl/α,β-unsaturated/α-hetero) is 1. The summed E-state index contributed by atoms with van der Waals surface area (Å²) in [7, 11) is 0. The summed E-state index contributed by atoms with van der Waals surface area (Å²) < 4.78 is 5.38. The zero-order chi connectivity index (χ0) is 19.5. The minimum atomic E-state index is 0.00504. The summed E-state index contributed by atoms with van der Waals surface area (Å²) in [6.07, 6.45) is 9.96. The number of hydrogen-bond acceptors (Lipinski definition) is 6. The number of aryl methyl sites for hydroxylation is 2. The minimum absolute atomic E-state index is 0.00504. The molecule has 0 aliphatic rings. The van der Waals surface area contributed by atoms with Gasteiger partial charge in [0.05, 0.1) is 30.2 Å². The van der Waals surface area contributed by atoms with Crippen LogP contribution < -0.4 is 0 Å². The average molecular weight is 370 g/mol. The third kappa shape index (κ3) is 3.57. The maximum absolute atomic E-state index is 12.5. The molecule has 0 saturated heterocycles. The highest BCUT2D eigenvalue weighted by Gasteiger charge is 2.12. The molecule has 6 heteroatoms. The predicted molar refractivity (Wildman–Crippen MR) is 105 cm³/mol. The second-order valence-corrected chi connectivity index (χ2v) is 6.58. The van der Waals surface area contributed by atoms with Gasteiger partial charge >= 0.3 is 0 Å². The van der Waals surface area contributed by atoms with Crippen LogP contribution in [0.2, 0.25) is 0 Å². The molecule has 6 nitrogen and oxygen atoms in total. The van der Waals surface area contributed by atoms with Crippen molar-refractivity contribution >= 4 is 5.78 Å². The lowest BCUT2D eigenvalue weighted by Gasteiger charge is -2.08. The van der Waals surface area contributed by atoms with E-state index >= 15 is 0 Å². The van der Waals surface area contributed by atoms with Crippen molar-refractivity contribution in [2.45, 2.75) is 20.3 Å². The van der Waals surface area contributed by atoms with Gasteiger partial charge in [-0.3, -0.25) is 19.7 Å². The summed E-state index contributed by atoms with van der Waals surface area (Å²) in [4.78, 5) is 29.5. The van der Waals surface area contributed by atoms with Crippen LogP contribution >= 0.6 is 0 Å². The number of benzene rings is 1. The largest absolute Gasteiger partial charge is 0.444 e. The lowest BCUT2D eigenvalue weighted by molar-refractivity contribution is 0.0991. The lowest BCUT2D eigenvalue weighted by atomic mass is 10.0. The Kier molecular flexibility index (Phi) is 4.76. The van der Waals surface area contributed by atoms with Crippen LogP contribution in [0.5, 0.6) is 0 Å². The number of carbonyl (C=O) groups excluding carboxylic acids is 1. The Balaban J connectivity index is 1.58. The van der Waals surface area contributed by atoms with Gasteiger partial charge < -0.3 is 4.42 Å². The summed E-state index contributed by atoms with van der Waals surface area (Å²) in [5, 5.41) is 0. The highest BCUT2D eigenvalue weighted by molar-refractivity contribution is 5.98. The number of oxazole rings is 1. The van der Waals surface area contributed by atoms with Gasteiger partial charge in [0, 0.05) is 35.3 Å². The summed E-state index contributed by atoms with van der Waals surface area (Å²) >= 11 is 0. The molecular weight excluding hydrogens is 352 g/mol. The molecule has 0 spiro atoms. The van der Waals surface area contributed by atoms with Crippen LogP contribution in [0.1, 0.15) is 27.2 Å². The van der Waals surface area contributed by atoms with Crippen LogP contribution in [0.4, 0.5) is 0 Å². The molecule has 138 valence electrons. The monoisotopic (exact) mass is 370 g/mol. The lowest BCUT2D eigenvalue weighted by Crippen LogP contribution is -2.07. The van der Waals surface area contributed by atoms with Crippen molar-refractivity contribution < 1.29 is 9.21 Å². The average Bonchev–Trinajstić information content (AvgIpc) is 3.24. The number of pyridine rings is 1. The zero-order valence-corrected chi connectivity index (χ0v) is 15.6. The van der Waals surface area contributed by atoms with Crippen LogP contribution in [-0.2, 0) is 6.42 Å². The van der Waals surface area contributed by atoms with Crippen molar-refractivity contribution in [2.24, 2.45) is 0 Å². The first-order valence-electron chi connectivity index (χ1n) is 8.86. The quantitative estimate of drug-likeness (QED) is 0.489. The number of carbonyl (C=O) groups is 1. The Morgan fingerprint density at radius 3 is 2.57 bits per heavy atom. The Hall–Kier alpha value is -3.67. The van der Waals surface area contributed by atoms with Crippen LogP contribution in [-0.4, -0.2) is 25.7 Å². The molecule has 0 aliphatic heterocycles. The van der Waals surface area contributed by atoms with Crippen LogP contribution in [0.3, 0.4) is 0 Å². The van der Waals surface area contributed by atoms with Gasteiger partial charge in [0.15, 0.2) is 17.9 Å². The van der Waals surface area contributed by atoms with Crippen molar-refractivity contribution in [1.29, 1.82) is 0 Å². The molecule has 0 saturated carbocycles. The first-order valence-corrected chi connectivity index (χ1v) is 8.86. The van der Waals surface area contributed by atoms with E-state index < -0.39 is 0 Å². The van der Waals surface area contributed by atoms with Crippen LogP contribution in [0.15, 0.2) is 66.1 Å². The molecule has 4 aromatic rings. The highest BCUT2D eigenvalue weighted by atomic mass is 16.3. The molecule has 0 amide bonds. The number of hydrogen-bond donors (Lipinski definition) is 0. The Morgan fingerprint density at radius 2 is 1.86 bits per heavy atom. The fourth-order valence-electron chi connectivity index (χ4n) is 3.04. The first-order chi connectivity index (χ1) is 13.6. The van der Waals surface area contributed by atoms with E-state index in [0.29, 0.717) is 17.0 Å².